The second-order valence-electron chi connectivity index (χ2n) is 4.71. The number of rotatable bonds is 3. The summed E-state index contributed by atoms with van der Waals surface area (Å²) >= 11 is 0. The van der Waals surface area contributed by atoms with Crippen molar-refractivity contribution in [3.8, 4) is 0 Å². The first-order valence-corrected chi connectivity index (χ1v) is 5.86. The van der Waals surface area contributed by atoms with Crippen LogP contribution in [-0.2, 0) is 9.53 Å². The van der Waals surface area contributed by atoms with Crippen molar-refractivity contribution in [2.75, 3.05) is 19.7 Å². The van der Waals surface area contributed by atoms with E-state index in [4.69, 9.17) is 4.74 Å². The molecule has 2 atom stereocenters. The first-order chi connectivity index (χ1) is 7.21. The predicted molar refractivity (Wildman–Crippen MR) is 57.6 cm³/mol. The molecule has 1 amide bonds. The number of amides is 1. The van der Waals surface area contributed by atoms with E-state index >= 15 is 0 Å². The Kier molecular flexibility index (Phi) is 3.26. The van der Waals surface area contributed by atoms with E-state index in [0.717, 1.165) is 38.8 Å². The third kappa shape index (κ3) is 2.49. The minimum atomic E-state index is -0.349. The largest absolute Gasteiger partial charge is 0.376 e. The lowest BCUT2D eigenvalue weighted by Gasteiger charge is -2.24. The molecule has 0 spiro atoms. The highest BCUT2D eigenvalue weighted by Crippen LogP contribution is 2.18. The van der Waals surface area contributed by atoms with Gasteiger partial charge >= 0.3 is 0 Å². The van der Waals surface area contributed by atoms with E-state index in [9.17, 15) is 4.79 Å². The van der Waals surface area contributed by atoms with Crippen LogP contribution >= 0.6 is 0 Å². The molecule has 4 nitrogen and oxygen atoms in total. The van der Waals surface area contributed by atoms with E-state index in [-0.39, 0.29) is 17.6 Å². The average molecular weight is 212 g/mol. The van der Waals surface area contributed by atoms with Gasteiger partial charge in [-0.3, -0.25) is 4.79 Å². The maximum atomic E-state index is 11.9. The van der Waals surface area contributed by atoms with Gasteiger partial charge in [0.25, 0.3) is 0 Å². The molecule has 2 saturated heterocycles. The molecule has 4 heteroatoms. The number of ether oxygens (including phenoxy) is 1. The smallest absolute Gasteiger partial charge is 0.240 e. The first-order valence-electron chi connectivity index (χ1n) is 5.86. The van der Waals surface area contributed by atoms with Crippen molar-refractivity contribution in [3.63, 3.8) is 0 Å². The maximum absolute atomic E-state index is 11.9. The van der Waals surface area contributed by atoms with E-state index in [0.29, 0.717) is 6.54 Å². The van der Waals surface area contributed by atoms with Gasteiger partial charge in [0.2, 0.25) is 5.91 Å². The minimum Gasteiger partial charge on any atom is -0.376 e. The Bertz CT molecular complexity index is 231. The normalized spacial score (nSPS) is 35.7. The van der Waals surface area contributed by atoms with E-state index < -0.39 is 0 Å². The summed E-state index contributed by atoms with van der Waals surface area (Å²) in [6, 6.07) is 0. The van der Waals surface area contributed by atoms with Gasteiger partial charge < -0.3 is 15.4 Å². The molecule has 2 unspecified atom stereocenters. The molecule has 86 valence electrons. The first kappa shape index (κ1) is 10.9. The highest BCUT2D eigenvalue weighted by molar-refractivity contribution is 5.86. The second kappa shape index (κ2) is 4.49. The molecule has 0 saturated carbocycles. The number of hydrogen-bond acceptors (Lipinski definition) is 3. The fraction of sp³-hybridized carbons (Fsp3) is 0.909. The van der Waals surface area contributed by atoms with Crippen LogP contribution in [-0.4, -0.2) is 37.2 Å². The Morgan fingerprint density at radius 2 is 2.47 bits per heavy atom. The monoisotopic (exact) mass is 212 g/mol. The van der Waals surface area contributed by atoms with E-state index in [1.54, 1.807) is 0 Å². The summed E-state index contributed by atoms with van der Waals surface area (Å²) in [6.45, 7) is 4.43. The summed E-state index contributed by atoms with van der Waals surface area (Å²) in [6.07, 6.45) is 4.45. The van der Waals surface area contributed by atoms with Crippen molar-refractivity contribution >= 4 is 5.91 Å². The zero-order valence-corrected chi connectivity index (χ0v) is 9.34. The molecule has 2 heterocycles. The van der Waals surface area contributed by atoms with Crippen LogP contribution in [0.1, 0.15) is 32.6 Å². The molecule has 0 aromatic carbocycles. The lowest BCUT2D eigenvalue weighted by molar-refractivity contribution is -0.127. The summed E-state index contributed by atoms with van der Waals surface area (Å²) in [5.41, 5.74) is -0.349. The van der Waals surface area contributed by atoms with Crippen LogP contribution < -0.4 is 10.6 Å². The van der Waals surface area contributed by atoms with Gasteiger partial charge in [0, 0.05) is 13.2 Å². The molecule has 2 aliphatic rings. The van der Waals surface area contributed by atoms with Crippen LogP contribution in [0.25, 0.3) is 0 Å². The Balaban J connectivity index is 1.76. The highest BCUT2D eigenvalue weighted by atomic mass is 16.5. The lowest BCUT2D eigenvalue weighted by atomic mass is 9.99. The Morgan fingerprint density at radius 3 is 3.07 bits per heavy atom. The summed E-state index contributed by atoms with van der Waals surface area (Å²) in [5.74, 6) is 0.121. The number of carbonyl (C=O) groups is 1. The Morgan fingerprint density at radius 1 is 1.60 bits per heavy atom. The average Bonchev–Trinajstić information content (AvgIpc) is 2.85. The summed E-state index contributed by atoms with van der Waals surface area (Å²) in [4.78, 5) is 11.9. The topological polar surface area (TPSA) is 50.4 Å². The van der Waals surface area contributed by atoms with Gasteiger partial charge in [-0.2, -0.15) is 0 Å². The summed E-state index contributed by atoms with van der Waals surface area (Å²) < 4.78 is 5.46. The maximum Gasteiger partial charge on any atom is 0.240 e. The minimum absolute atomic E-state index is 0.121. The van der Waals surface area contributed by atoms with Crippen LogP contribution in [0, 0.1) is 0 Å². The molecule has 2 rings (SSSR count). The molecule has 2 aliphatic heterocycles. The van der Waals surface area contributed by atoms with Crippen molar-refractivity contribution in [1.82, 2.24) is 10.6 Å². The lowest BCUT2D eigenvalue weighted by Crippen LogP contribution is -2.52. The molecule has 0 radical (unpaired) electrons. The van der Waals surface area contributed by atoms with Crippen LogP contribution in [0.3, 0.4) is 0 Å². The van der Waals surface area contributed by atoms with Crippen LogP contribution in [0.4, 0.5) is 0 Å². The van der Waals surface area contributed by atoms with Crippen molar-refractivity contribution in [3.05, 3.63) is 0 Å². The second-order valence-corrected chi connectivity index (χ2v) is 4.71. The Hall–Kier alpha value is -0.610. The molecule has 0 bridgehead atoms. The molecule has 0 aromatic heterocycles. The van der Waals surface area contributed by atoms with Gasteiger partial charge in [0.15, 0.2) is 0 Å². The third-order valence-electron chi connectivity index (χ3n) is 3.38. The SMILES string of the molecule is CC1(C(=O)NCC2CCCO2)CCCN1. The molecule has 0 aromatic rings. The molecule has 2 N–H and O–H groups in total. The molecule has 15 heavy (non-hydrogen) atoms. The van der Waals surface area contributed by atoms with E-state index in [1.165, 1.54) is 0 Å². The predicted octanol–water partition coefficient (Wildman–Crippen LogP) is 0.424. The number of hydrogen-bond donors (Lipinski definition) is 2. The van der Waals surface area contributed by atoms with Crippen LogP contribution in [0.2, 0.25) is 0 Å². The van der Waals surface area contributed by atoms with Crippen LogP contribution in [0.5, 0.6) is 0 Å². The van der Waals surface area contributed by atoms with Gasteiger partial charge in [-0.15, -0.1) is 0 Å². The molecular weight excluding hydrogens is 192 g/mol. The zero-order chi connectivity index (χ0) is 10.7. The zero-order valence-electron chi connectivity index (χ0n) is 9.34. The number of nitrogens with one attached hydrogen (secondary N) is 2. The molecule has 0 aliphatic carbocycles. The van der Waals surface area contributed by atoms with Gasteiger partial charge in [-0.05, 0) is 39.2 Å². The number of carbonyl (C=O) groups excluding carboxylic acids is 1. The fourth-order valence-electron chi connectivity index (χ4n) is 2.30. The fourth-order valence-corrected chi connectivity index (χ4v) is 2.30. The Labute approximate surface area is 90.8 Å². The van der Waals surface area contributed by atoms with Gasteiger partial charge in [0.1, 0.15) is 0 Å². The standard InChI is InChI=1S/C11H20N2O2/c1-11(5-3-6-13-11)10(14)12-8-9-4-2-7-15-9/h9,13H,2-8H2,1H3,(H,12,14). The van der Waals surface area contributed by atoms with Gasteiger partial charge in [-0.1, -0.05) is 0 Å². The van der Waals surface area contributed by atoms with Crippen molar-refractivity contribution < 1.29 is 9.53 Å². The quantitative estimate of drug-likeness (QED) is 0.713. The molecule has 2 fully saturated rings. The van der Waals surface area contributed by atoms with Crippen molar-refractivity contribution in [2.45, 2.75) is 44.2 Å². The summed E-state index contributed by atoms with van der Waals surface area (Å²) in [7, 11) is 0. The van der Waals surface area contributed by atoms with E-state index in [1.807, 2.05) is 6.92 Å². The highest BCUT2D eigenvalue weighted by Gasteiger charge is 2.35. The van der Waals surface area contributed by atoms with Crippen molar-refractivity contribution in [2.24, 2.45) is 0 Å². The van der Waals surface area contributed by atoms with Crippen molar-refractivity contribution in [1.29, 1.82) is 0 Å². The third-order valence-corrected chi connectivity index (χ3v) is 3.38. The van der Waals surface area contributed by atoms with Gasteiger partial charge in [0.05, 0.1) is 11.6 Å². The molecular formula is C11H20N2O2. The van der Waals surface area contributed by atoms with E-state index in [2.05, 4.69) is 10.6 Å². The van der Waals surface area contributed by atoms with Gasteiger partial charge in [-0.25, -0.2) is 0 Å². The summed E-state index contributed by atoms with van der Waals surface area (Å²) in [5, 5.41) is 6.24. The van der Waals surface area contributed by atoms with Crippen LogP contribution in [0.15, 0.2) is 0 Å².